The molecule has 132 valence electrons. The zero-order valence-corrected chi connectivity index (χ0v) is 15.5. The molecule has 5 heteroatoms. The quantitative estimate of drug-likeness (QED) is 0.908. The molecule has 0 bridgehead atoms. The fraction of sp³-hybridized carbons (Fsp3) is 0.632. The van der Waals surface area contributed by atoms with Crippen molar-refractivity contribution in [1.82, 2.24) is 10.2 Å². The Morgan fingerprint density at radius 3 is 2.58 bits per heavy atom. The second kappa shape index (κ2) is 8.37. The standard InChI is InChI=1S/C19H28N2O2S/c1-14-11-21(12-15(2)23-14)19(22)17-7-5-16(6-8-17)10-20-18-4-3-9-24-13-18/h5-8,14-15,18,20H,3-4,9-13H2,1-2H3/t14-,15+,18-/m0/s1. The van der Waals surface area contributed by atoms with Gasteiger partial charge in [-0.25, -0.2) is 0 Å². The topological polar surface area (TPSA) is 41.6 Å². The first-order valence-electron chi connectivity index (χ1n) is 8.96. The third kappa shape index (κ3) is 4.74. The van der Waals surface area contributed by atoms with Crippen molar-refractivity contribution in [3.63, 3.8) is 0 Å². The minimum Gasteiger partial charge on any atom is -0.372 e. The van der Waals surface area contributed by atoms with Crippen LogP contribution >= 0.6 is 11.8 Å². The van der Waals surface area contributed by atoms with E-state index in [1.807, 2.05) is 42.6 Å². The molecule has 3 atom stereocenters. The van der Waals surface area contributed by atoms with Crippen LogP contribution in [0.25, 0.3) is 0 Å². The monoisotopic (exact) mass is 348 g/mol. The molecule has 0 saturated carbocycles. The van der Waals surface area contributed by atoms with Gasteiger partial charge in [0.2, 0.25) is 0 Å². The summed E-state index contributed by atoms with van der Waals surface area (Å²) in [5.74, 6) is 2.62. The molecule has 3 rings (SSSR count). The number of morpholine rings is 1. The van der Waals surface area contributed by atoms with E-state index < -0.39 is 0 Å². The maximum atomic E-state index is 12.7. The zero-order valence-electron chi connectivity index (χ0n) is 14.7. The molecule has 2 aliphatic rings. The summed E-state index contributed by atoms with van der Waals surface area (Å²) in [6.07, 6.45) is 2.80. The highest BCUT2D eigenvalue weighted by Crippen LogP contribution is 2.18. The van der Waals surface area contributed by atoms with Crippen LogP contribution in [0.4, 0.5) is 0 Å². The first-order valence-corrected chi connectivity index (χ1v) is 10.1. The highest BCUT2D eigenvalue weighted by atomic mass is 32.2. The summed E-state index contributed by atoms with van der Waals surface area (Å²) in [6, 6.07) is 8.69. The third-order valence-corrected chi connectivity index (χ3v) is 5.88. The van der Waals surface area contributed by atoms with Gasteiger partial charge in [-0.2, -0.15) is 11.8 Å². The van der Waals surface area contributed by atoms with E-state index in [2.05, 4.69) is 17.4 Å². The highest BCUT2D eigenvalue weighted by molar-refractivity contribution is 7.99. The molecule has 1 aromatic carbocycles. The Kier molecular flexibility index (Phi) is 6.19. The molecule has 1 aromatic rings. The Hall–Kier alpha value is -1.04. The van der Waals surface area contributed by atoms with E-state index in [1.165, 1.54) is 29.9 Å². The Labute approximate surface area is 149 Å². The molecule has 0 spiro atoms. The van der Waals surface area contributed by atoms with Crippen molar-refractivity contribution >= 4 is 17.7 Å². The van der Waals surface area contributed by atoms with Crippen LogP contribution in [0.1, 0.15) is 42.6 Å². The summed E-state index contributed by atoms with van der Waals surface area (Å²) in [5.41, 5.74) is 2.01. The van der Waals surface area contributed by atoms with Gasteiger partial charge in [0.1, 0.15) is 0 Å². The lowest BCUT2D eigenvalue weighted by molar-refractivity contribution is -0.0586. The number of amides is 1. The van der Waals surface area contributed by atoms with Gasteiger partial charge in [-0.1, -0.05) is 12.1 Å². The lowest BCUT2D eigenvalue weighted by Crippen LogP contribution is -2.48. The van der Waals surface area contributed by atoms with Gasteiger partial charge in [0, 0.05) is 37.0 Å². The van der Waals surface area contributed by atoms with E-state index in [0.29, 0.717) is 19.1 Å². The molecular weight excluding hydrogens is 320 g/mol. The van der Waals surface area contributed by atoms with Crippen molar-refractivity contribution < 1.29 is 9.53 Å². The van der Waals surface area contributed by atoms with Gasteiger partial charge >= 0.3 is 0 Å². The summed E-state index contributed by atoms with van der Waals surface area (Å²) in [6.45, 7) is 6.27. The van der Waals surface area contributed by atoms with E-state index in [9.17, 15) is 4.79 Å². The van der Waals surface area contributed by atoms with Crippen LogP contribution in [0.2, 0.25) is 0 Å². The molecule has 2 aliphatic heterocycles. The second-order valence-corrected chi connectivity index (χ2v) is 8.11. The normalized spacial score (nSPS) is 27.9. The molecule has 4 nitrogen and oxygen atoms in total. The number of ether oxygens (including phenoxy) is 1. The smallest absolute Gasteiger partial charge is 0.254 e. The number of thioether (sulfide) groups is 1. The minimum atomic E-state index is 0.106. The molecular formula is C19H28N2O2S. The van der Waals surface area contributed by atoms with Gasteiger partial charge in [-0.05, 0) is 50.1 Å². The van der Waals surface area contributed by atoms with E-state index in [1.54, 1.807) is 0 Å². The Balaban J connectivity index is 1.54. The lowest BCUT2D eigenvalue weighted by atomic mass is 10.1. The van der Waals surface area contributed by atoms with Crippen molar-refractivity contribution in [2.24, 2.45) is 0 Å². The number of benzene rings is 1. The highest BCUT2D eigenvalue weighted by Gasteiger charge is 2.26. The van der Waals surface area contributed by atoms with Gasteiger partial charge in [-0.15, -0.1) is 0 Å². The third-order valence-electron chi connectivity index (χ3n) is 4.66. The van der Waals surface area contributed by atoms with Crippen molar-refractivity contribution in [3.05, 3.63) is 35.4 Å². The fourth-order valence-corrected chi connectivity index (χ4v) is 4.56. The van der Waals surface area contributed by atoms with Crippen LogP contribution in [0.15, 0.2) is 24.3 Å². The number of carbonyl (C=O) groups is 1. The number of hydrogen-bond acceptors (Lipinski definition) is 4. The Bertz CT molecular complexity index is 533. The molecule has 2 fully saturated rings. The Morgan fingerprint density at radius 2 is 1.96 bits per heavy atom. The van der Waals surface area contributed by atoms with E-state index in [4.69, 9.17) is 4.74 Å². The van der Waals surface area contributed by atoms with Gasteiger partial charge in [0.25, 0.3) is 5.91 Å². The first-order chi connectivity index (χ1) is 11.6. The van der Waals surface area contributed by atoms with Crippen molar-refractivity contribution in [3.8, 4) is 0 Å². The van der Waals surface area contributed by atoms with Crippen LogP contribution in [-0.4, -0.2) is 53.7 Å². The number of carbonyl (C=O) groups excluding carboxylic acids is 1. The predicted molar refractivity (Wildman–Crippen MR) is 99.5 cm³/mol. The van der Waals surface area contributed by atoms with E-state index in [0.717, 1.165) is 12.1 Å². The van der Waals surface area contributed by atoms with Gasteiger partial charge < -0.3 is 15.0 Å². The Morgan fingerprint density at radius 1 is 1.25 bits per heavy atom. The van der Waals surface area contributed by atoms with Crippen molar-refractivity contribution in [2.75, 3.05) is 24.6 Å². The largest absolute Gasteiger partial charge is 0.372 e. The maximum absolute atomic E-state index is 12.7. The molecule has 1 amide bonds. The van der Waals surface area contributed by atoms with Crippen LogP contribution in [-0.2, 0) is 11.3 Å². The first kappa shape index (κ1) is 17.8. The van der Waals surface area contributed by atoms with Crippen LogP contribution in [0, 0.1) is 0 Å². The number of nitrogens with one attached hydrogen (secondary N) is 1. The number of rotatable bonds is 4. The summed E-state index contributed by atoms with van der Waals surface area (Å²) in [5, 5.41) is 3.63. The molecule has 0 aromatic heterocycles. The fourth-order valence-electron chi connectivity index (χ4n) is 3.46. The zero-order chi connectivity index (χ0) is 16.9. The van der Waals surface area contributed by atoms with Crippen molar-refractivity contribution in [2.45, 2.75) is 51.5 Å². The summed E-state index contributed by atoms with van der Waals surface area (Å²) < 4.78 is 5.71. The van der Waals surface area contributed by atoms with Crippen LogP contribution in [0.5, 0.6) is 0 Å². The lowest BCUT2D eigenvalue weighted by Gasteiger charge is -2.35. The van der Waals surface area contributed by atoms with Gasteiger partial charge in [-0.3, -0.25) is 4.79 Å². The second-order valence-electron chi connectivity index (χ2n) is 6.96. The molecule has 0 unspecified atom stereocenters. The average molecular weight is 349 g/mol. The average Bonchev–Trinajstić information content (AvgIpc) is 2.60. The van der Waals surface area contributed by atoms with Crippen LogP contribution in [0.3, 0.4) is 0 Å². The molecule has 1 N–H and O–H groups in total. The van der Waals surface area contributed by atoms with Crippen LogP contribution < -0.4 is 5.32 Å². The summed E-state index contributed by atoms with van der Waals surface area (Å²) in [7, 11) is 0. The maximum Gasteiger partial charge on any atom is 0.254 e. The summed E-state index contributed by atoms with van der Waals surface area (Å²) in [4.78, 5) is 14.6. The van der Waals surface area contributed by atoms with E-state index >= 15 is 0 Å². The number of hydrogen-bond donors (Lipinski definition) is 1. The predicted octanol–water partition coefficient (Wildman–Crippen LogP) is 2.92. The van der Waals surface area contributed by atoms with E-state index in [-0.39, 0.29) is 18.1 Å². The molecule has 2 heterocycles. The van der Waals surface area contributed by atoms with Gasteiger partial charge in [0.15, 0.2) is 0 Å². The molecule has 0 radical (unpaired) electrons. The number of nitrogens with zero attached hydrogens (tertiary/aromatic N) is 1. The molecule has 24 heavy (non-hydrogen) atoms. The summed E-state index contributed by atoms with van der Waals surface area (Å²) >= 11 is 2.04. The SMILES string of the molecule is C[C@@H]1CN(C(=O)c2ccc(CN[C@H]3CCCSC3)cc2)C[C@H](C)O1. The van der Waals surface area contributed by atoms with Gasteiger partial charge in [0.05, 0.1) is 12.2 Å². The molecule has 0 aliphatic carbocycles. The molecule has 2 saturated heterocycles. The minimum absolute atomic E-state index is 0.106. The van der Waals surface area contributed by atoms with Crippen molar-refractivity contribution in [1.29, 1.82) is 0 Å².